The van der Waals surface area contributed by atoms with E-state index in [1.807, 2.05) is 6.92 Å². The van der Waals surface area contributed by atoms with Crippen LogP contribution in [0, 0.1) is 0 Å². The van der Waals surface area contributed by atoms with Crippen molar-refractivity contribution in [2.75, 3.05) is 29.0 Å². The van der Waals surface area contributed by atoms with Crippen LogP contribution in [0.15, 0.2) is 42.5 Å². The van der Waals surface area contributed by atoms with E-state index in [4.69, 9.17) is 16.3 Å². The Balaban J connectivity index is 1.82. The Bertz CT molecular complexity index is 1090. The van der Waals surface area contributed by atoms with Crippen LogP contribution in [-0.2, 0) is 14.8 Å². The third-order valence-electron chi connectivity index (χ3n) is 4.73. The number of para-hydroxylation sites is 1. The molecule has 0 spiro atoms. The van der Waals surface area contributed by atoms with E-state index in [1.165, 1.54) is 12.1 Å². The van der Waals surface area contributed by atoms with Crippen molar-refractivity contribution in [3.05, 3.63) is 53.1 Å². The number of sulfonamides is 1. The maximum absolute atomic E-state index is 12.9. The normalized spacial score (nSPS) is 15.6. The third-order valence-corrected chi connectivity index (χ3v) is 6.11. The van der Waals surface area contributed by atoms with E-state index >= 15 is 0 Å². The van der Waals surface area contributed by atoms with E-state index in [0.717, 1.165) is 23.4 Å². The van der Waals surface area contributed by atoms with Crippen LogP contribution in [0.5, 0.6) is 5.75 Å². The van der Waals surface area contributed by atoms with Gasteiger partial charge in [0.25, 0.3) is 11.8 Å². The van der Waals surface area contributed by atoms with Crippen molar-refractivity contribution in [1.82, 2.24) is 5.32 Å². The van der Waals surface area contributed by atoms with Crippen molar-refractivity contribution in [2.45, 2.75) is 25.9 Å². The number of ether oxygens (including phenoxy) is 1. The Kier molecular flexibility index (Phi) is 7.07. The van der Waals surface area contributed by atoms with Gasteiger partial charge in [-0.2, -0.15) is 0 Å². The first-order valence-electron chi connectivity index (χ1n) is 9.82. The van der Waals surface area contributed by atoms with Gasteiger partial charge in [0.1, 0.15) is 5.75 Å². The van der Waals surface area contributed by atoms with E-state index in [0.29, 0.717) is 22.8 Å². The second-order valence-electron chi connectivity index (χ2n) is 7.16. The van der Waals surface area contributed by atoms with Gasteiger partial charge in [-0.1, -0.05) is 37.1 Å². The highest BCUT2D eigenvalue weighted by Gasteiger charge is 2.35. The minimum absolute atomic E-state index is 0.219. The summed E-state index contributed by atoms with van der Waals surface area (Å²) < 4.78 is 31.4. The first-order valence-corrected chi connectivity index (χ1v) is 12.1. The number of halogens is 1. The van der Waals surface area contributed by atoms with Crippen LogP contribution in [0.2, 0.25) is 5.02 Å². The van der Waals surface area contributed by atoms with E-state index < -0.39 is 22.0 Å². The molecule has 3 rings (SSSR count). The molecule has 166 valence electrons. The number of nitrogens with zero attached hydrogens (tertiary/aromatic N) is 1. The molecule has 2 amide bonds. The molecule has 8 nitrogen and oxygen atoms in total. The number of benzene rings is 2. The molecule has 0 unspecified atom stereocenters. The van der Waals surface area contributed by atoms with Gasteiger partial charge in [-0.15, -0.1) is 0 Å². The quantitative estimate of drug-likeness (QED) is 0.611. The molecule has 0 aromatic heterocycles. The Morgan fingerprint density at radius 2 is 1.97 bits per heavy atom. The molecule has 2 aromatic carbocycles. The predicted molar refractivity (Wildman–Crippen MR) is 120 cm³/mol. The molecule has 2 aromatic rings. The van der Waals surface area contributed by atoms with E-state index in [-0.39, 0.29) is 23.9 Å². The van der Waals surface area contributed by atoms with Gasteiger partial charge in [0.15, 0.2) is 6.10 Å². The molecule has 0 radical (unpaired) electrons. The van der Waals surface area contributed by atoms with E-state index in [2.05, 4.69) is 10.6 Å². The average molecular weight is 466 g/mol. The Hall–Kier alpha value is -2.78. The summed E-state index contributed by atoms with van der Waals surface area (Å²) in [5, 5.41) is 5.86. The lowest BCUT2D eigenvalue weighted by Crippen LogP contribution is -2.48. The molecule has 2 N–H and O–H groups in total. The van der Waals surface area contributed by atoms with Crippen molar-refractivity contribution in [2.24, 2.45) is 0 Å². The zero-order chi connectivity index (χ0) is 22.6. The zero-order valence-corrected chi connectivity index (χ0v) is 18.8. The number of hydrogen-bond acceptors (Lipinski definition) is 5. The van der Waals surface area contributed by atoms with Crippen LogP contribution in [0.3, 0.4) is 0 Å². The summed E-state index contributed by atoms with van der Waals surface area (Å²) in [4.78, 5) is 25.4. The lowest BCUT2D eigenvalue weighted by molar-refractivity contribution is -0.122. The SMILES string of the molecule is CCCCNC(=O)c1ccccc1NC(=O)[C@@H]1CN(S(C)(=O)=O)c2cc(Cl)ccc2O1. The summed E-state index contributed by atoms with van der Waals surface area (Å²) in [6.07, 6.45) is 1.73. The fraction of sp³-hybridized carbons (Fsp3) is 0.333. The summed E-state index contributed by atoms with van der Waals surface area (Å²) in [7, 11) is -3.68. The zero-order valence-electron chi connectivity index (χ0n) is 17.2. The molecule has 0 saturated heterocycles. The van der Waals surface area contributed by atoms with Gasteiger partial charge in [-0.3, -0.25) is 13.9 Å². The second-order valence-corrected chi connectivity index (χ2v) is 9.50. The molecule has 0 bridgehead atoms. The third kappa shape index (κ3) is 5.48. The number of unbranched alkanes of at least 4 members (excludes halogenated alkanes) is 1. The number of hydrogen-bond donors (Lipinski definition) is 2. The maximum atomic E-state index is 12.9. The van der Waals surface area contributed by atoms with Crippen molar-refractivity contribution >= 4 is 44.8 Å². The van der Waals surface area contributed by atoms with Gasteiger partial charge >= 0.3 is 0 Å². The summed E-state index contributed by atoms with van der Waals surface area (Å²) in [5.74, 6) is -0.637. The largest absolute Gasteiger partial charge is 0.476 e. The number of fused-ring (bicyclic) bond motifs is 1. The molecule has 10 heteroatoms. The molecule has 0 fully saturated rings. The number of nitrogens with one attached hydrogen (secondary N) is 2. The van der Waals surface area contributed by atoms with Crippen LogP contribution in [0.25, 0.3) is 0 Å². The van der Waals surface area contributed by atoms with Crippen LogP contribution in [-0.4, -0.2) is 45.7 Å². The number of carbonyl (C=O) groups is 2. The molecule has 1 heterocycles. The topological polar surface area (TPSA) is 105 Å². The molecule has 31 heavy (non-hydrogen) atoms. The minimum atomic E-state index is -3.68. The maximum Gasteiger partial charge on any atom is 0.267 e. The smallest absolute Gasteiger partial charge is 0.267 e. The summed E-state index contributed by atoms with van der Waals surface area (Å²) in [5.41, 5.74) is 0.905. The van der Waals surface area contributed by atoms with Gasteiger partial charge in [-0.25, -0.2) is 8.42 Å². The van der Waals surface area contributed by atoms with Crippen molar-refractivity contribution in [3.63, 3.8) is 0 Å². The molecule has 1 atom stereocenters. The summed E-state index contributed by atoms with van der Waals surface area (Å²) >= 11 is 6.00. The molecular formula is C21H24ClN3O5S. The Morgan fingerprint density at radius 3 is 2.68 bits per heavy atom. The van der Waals surface area contributed by atoms with E-state index in [1.54, 1.807) is 30.3 Å². The lowest BCUT2D eigenvalue weighted by atomic mass is 10.1. The molecule has 1 aliphatic rings. The molecular weight excluding hydrogens is 442 g/mol. The monoisotopic (exact) mass is 465 g/mol. The standard InChI is InChI=1S/C21H24ClN3O5S/c1-3-4-11-23-20(26)15-7-5-6-8-16(15)24-21(27)19-13-25(31(2,28)29)17-12-14(22)9-10-18(17)30-19/h5-10,12,19H,3-4,11,13H2,1-2H3,(H,23,26)(H,24,27)/t19-/m0/s1. The molecule has 0 saturated carbocycles. The summed E-state index contributed by atoms with van der Waals surface area (Å²) in [6.45, 7) is 2.34. The first kappa shape index (κ1) is 22.9. The molecule has 1 aliphatic heterocycles. The number of rotatable bonds is 7. The van der Waals surface area contributed by atoms with Crippen molar-refractivity contribution < 1.29 is 22.7 Å². The van der Waals surface area contributed by atoms with Crippen LogP contribution < -0.4 is 19.7 Å². The predicted octanol–water partition coefficient (Wildman–Crippen LogP) is 3.04. The number of carbonyl (C=O) groups excluding carboxylic acids is 2. The van der Waals surface area contributed by atoms with Gasteiger partial charge in [0.05, 0.1) is 29.7 Å². The summed E-state index contributed by atoms with van der Waals surface area (Å²) in [6, 6.07) is 11.2. The minimum Gasteiger partial charge on any atom is -0.476 e. The van der Waals surface area contributed by atoms with Gasteiger partial charge < -0.3 is 15.4 Å². The Labute approximate surface area is 186 Å². The number of amides is 2. The van der Waals surface area contributed by atoms with Crippen molar-refractivity contribution in [1.29, 1.82) is 0 Å². The van der Waals surface area contributed by atoms with Gasteiger partial charge in [-0.05, 0) is 36.8 Å². The average Bonchev–Trinajstić information content (AvgIpc) is 2.72. The highest BCUT2D eigenvalue weighted by Crippen LogP contribution is 2.37. The Morgan fingerprint density at radius 1 is 1.23 bits per heavy atom. The van der Waals surface area contributed by atoms with Gasteiger partial charge in [0, 0.05) is 11.6 Å². The van der Waals surface area contributed by atoms with E-state index in [9.17, 15) is 18.0 Å². The van der Waals surface area contributed by atoms with Crippen LogP contribution in [0.1, 0.15) is 30.1 Å². The fourth-order valence-electron chi connectivity index (χ4n) is 3.15. The first-order chi connectivity index (χ1) is 14.7. The highest BCUT2D eigenvalue weighted by molar-refractivity contribution is 7.92. The molecule has 0 aliphatic carbocycles. The fourth-order valence-corrected chi connectivity index (χ4v) is 4.22. The highest BCUT2D eigenvalue weighted by atomic mass is 35.5. The lowest BCUT2D eigenvalue weighted by Gasteiger charge is -2.34. The number of anilines is 2. The van der Waals surface area contributed by atoms with Gasteiger partial charge in [0.2, 0.25) is 10.0 Å². The van der Waals surface area contributed by atoms with Crippen molar-refractivity contribution in [3.8, 4) is 5.75 Å². The van der Waals surface area contributed by atoms with Crippen LogP contribution in [0.4, 0.5) is 11.4 Å². The van der Waals surface area contributed by atoms with Crippen LogP contribution >= 0.6 is 11.6 Å². The second kappa shape index (κ2) is 9.57.